The number of benzene rings is 9. The molecule has 0 aliphatic rings. The van der Waals surface area contributed by atoms with Crippen molar-refractivity contribution in [3.8, 4) is 33.4 Å². The maximum Gasteiger partial charge on any atom is 0.145 e. The fourth-order valence-electron chi connectivity index (χ4n) is 8.77. The highest BCUT2D eigenvalue weighted by molar-refractivity contribution is 7.26. The minimum absolute atomic E-state index is 0.866. The fraction of sp³-hybridized carbons (Fsp3) is 0. The van der Waals surface area contributed by atoms with Gasteiger partial charge in [0.1, 0.15) is 11.2 Å². The van der Waals surface area contributed by atoms with E-state index in [2.05, 4.69) is 205 Å². The number of nitrogens with zero attached hydrogens (tertiary/aromatic N) is 1. The lowest BCUT2D eigenvalue weighted by Crippen LogP contribution is -2.11. The molecular formula is C54H33NOS2. The molecule has 0 bridgehead atoms. The average Bonchev–Trinajstić information content (AvgIpc) is 3.98. The van der Waals surface area contributed by atoms with E-state index in [9.17, 15) is 0 Å². The molecule has 0 amide bonds. The summed E-state index contributed by atoms with van der Waals surface area (Å²) in [7, 11) is 0. The van der Waals surface area contributed by atoms with Crippen LogP contribution in [-0.4, -0.2) is 0 Å². The molecule has 0 saturated carbocycles. The average molecular weight is 776 g/mol. The second kappa shape index (κ2) is 13.3. The van der Waals surface area contributed by atoms with E-state index in [1.54, 1.807) is 0 Å². The van der Waals surface area contributed by atoms with Gasteiger partial charge in [0.05, 0.1) is 16.8 Å². The summed E-state index contributed by atoms with van der Waals surface area (Å²) < 4.78 is 12.2. The van der Waals surface area contributed by atoms with Crippen LogP contribution in [0.15, 0.2) is 205 Å². The first kappa shape index (κ1) is 33.2. The van der Waals surface area contributed by atoms with Crippen LogP contribution in [0.1, 0.15) is 0 Å². The first-order chi connectivity index (χ1) is 28.7. The lowest BCUT2D eigenvalue weighted by Gasteiger charge is -2.28. The van der Waals surface area contributed by atoms with Crippen molar-refractivity contribution < 1.29 is 4.42 Å². The van der Waals surface area contributed by atoms with Crippen molar-refractivity contribution in [2.24, 2.45) is 0 Å². The summed E-state index contributed by atoms with van der Waals surface area (Å²) in [6.45, 7) is 0. The fourth-order valence-corrected chi connectivity index (χ4v) is 11.1. The van der Waals surface area contributed by atoms with Gasteiger partial charge in [0.25, 0.3) is 0 Å². The van der Waals surface area contributed by atoms with E-state index in [4.69, 9.17) is 4.42 Å². The van der Waals surface area contributed by atoms with Crippen molar-refractivity contribution in [3.63, 3.8) is 0 Å². The van der Waals surface area contributed by atoms with E-state index >= 15 is 0 Å². The van der Waals surface area contributed by atoms with Crippen LogP contribution in [0.2, 0.25) is 0 Å². The summed E-state index contributed by atoms with van der Waals surface area (Å²) >= 11 is 3.72. The van der Waals surface area contributed by atoms with Crippen molar-refractivity contribution in [3.05, 3.63) is 200 Å². The SMILES string of the molecule is c1ccc(-c2ccc3c(c2)oc2c(-c4ccccc4)ccc(N(c4ccc5c(c4)sc4ccccc45)c4cc(-c5ccccc5)cc5sc6ccccc6c45)c23)cc1. The molecule has 58 heavy (non-hydrogen) atoms. The Morgan fingerprint density at radius 3 is 1.71 bits per heavy atom. The Labute approximate surface area is 343 Å². The summed E-state index contributed by atoms with van der Waals surface area (Å²) in [5, 5.41) is 7.25. The lowest BCUT2D eigenvalue weighted by molar-refractivity contribution is 0.670. The smallest absolute Gasteiger partial charge is 0.145 e. The van der Waals surface area contributed by atoms with Crippen LogP contribution in [0.5, 0.6) is 0 Å². The zero-order chi connectivity index (χ0) is 38.2. The lowest BCUT2D eigenvalue weighted by atomic mass is 9.97. The van der Waals surface area contributed by atoms with Crippen molar-refractivity contribution in [1.29, 1.82) is 0 Å². The summed E-state index contributed by atoms with van der Waals surface area (Å²) in [6.07, 6.45) is 0. The Hall–Kier alpha value is -6.98. The molecule has 3 aromatic heterocycles. The Morgan fingerprint density at radius 2 is 0.948 bits per heavy atom. The molecule has 3 heterocycles. The van der Waals surface area contributed by atoms with Crippen LogP contribution in [0.25, 0.3) is 95.7 Å². The molecule has 0 spiro atoms. The maximum atomic E-state index is 7.09. The van der Waals surface area contributed by atoms with Crippen LogP contribution in [0.4, 0.5) is 17.1 Å². The number of anilines is 3. The number of furan rings is 1. The third kappa shape index (κ3) is 5.30. The standard InChI is InChI=1S/C54H33NOS2/c1-4-14-34(15-5-1)37-24-26-43-47(31-37)56-54-40(36-18-8-3-9-19-36)28-29-45(53(43)54)55(39-25-27-42-41-20-10-12-22-48(41)57-50(42)33-39)46-30-38(35-16-6-2-7-17-35)32-51-52(46)44-21-11-13-23-49(44)58-51/h1-33H. The molecule has 0 unspecified atom stereocenters. The highest BCUT2D eigenvalue weighted by atomic mass is 32.1. The summed E-state index contributed by atoms with van der Waals surface area (Å²) in [4.78, 5) is 2.51. The van der Waals surface area contributed by atoms with Gasteiger partial charge in [0, 0.05) is 57.0 Å². The van der Waals surface area contributed by atoms with Crippen LogP contribution >= 0.6 is 22.7 Å². The number of thiophene rings is 2. The van der Waals surface area contributed by atoms with E-state index in [0.717, 1.165) is 61.3 Å². The molecule has 0 aliphatic heterocycles. The molecule has 272 valence electrons. The van der Waals surface area contributed by atoms with Crippen LogP contribution in [0, 0.1) is 0 Å². The predicted molar refractivity (Wildman–Crippen MR) is 250 cm³/mol. The van der Waals surface area contributed by atoms with Crippen molar-refractivity contribution in [2.45, 2.75) is 0 Å². The molecule has 0 saturated heterocycles. The van der Waals surface area contributed by atoms with Crippen molar-refractivity contribution >= 4 is 102 Å². The molecular weight excluding hydrogens is 743 g/mol. The number of fused-ring (bicyclic) bond motifs is 9. The number of hydrogen-bond donors (Lipinski definition) is 0. The van der Waals surface area contributed by atoms with Gasteiger partial charge in [-0.15, -0.1) is 22.7 Å². The molecule has 0 radical (unpaired) electrons. The zero-order valence-electron chi connectivity index (χ0n) is 31.2. The van der Waals surface area contributed by atoms with Gasteiger partial charge in [0.2, 0.25) is 0 Å². The van der Waals surface area contributed by atoms with Gasteiger partial charge < -0.3 is 9.32 Å². The van der Waals surface area contributed by atoms with Gasteiger partial charge in [0.15, 0.2) is 0 Å². The van der Waals surface area contributed by atoms with Crippen LogP contribution in [-0.2, 0) is 0 Å². The zero-order valence-corrected chi connectivity index (χ0v) is 32.9. The second-order valence-electron chi connectivity index (χ2n) is 14.8. The van der Waals surface area contributed by atoms with E-state index < -0.39 is 0 Å². The van der Waals surface area contributed by atoms with Gasteiger partial charge in [-0.25, -0.2) is 0 Å². The highest BCUT2D eigenvalue weighted by Gasteiger charge is 2.26. The molecule has 0 fully saturated rings. The topological polar surface area (TPSA) is 16.4 Å². The Bertz CT molecular complexity index is 3510. The van der Waals surface area contributed by atoms with E-state index in [0.29, 0.717) is 0 Å². The molecule has 12 rings (SSSR count). The van der Waals surface area contributed by atoms with Gasteiger partial charge in [-0.2, -0.15) is 0 Å². The van der Waals surface area contributed by atoms with Gasteiger partial charge >= 0.3 is 0 Å². The van der Waals surface area contributed by atoms with Crippen molar-refractivity contribution in [1.82, 2.24) is 0 Å². The largest absolute Gasteiger partial charge is 0.455 e. The second-order valence-corrected chi connectivity index (χ2v) is 17.0. The third-order valence-electron chi connectivity index (χ3n) is 11.5. The van der Waals surface area contributed by atoms with E-state index in [1.165, 1.54) is 51.5 Å². The highest BCUT2D eigenvalue weighted by Crippen LogP contribution is 2.52. The number of rotatable bonds is 6. The monoisotopic (exact) mass is 775 g/mol. The minimum Gasteiger partial charge on any atom is -0.455 e. The Kier molecular flexibility index (Phi) is 7.62. The molecule has 0 N–H and O–H groups in total. The molecule has 0 atom stereocenters. The summed E-state index contributed by atoms with van der Waals surface area (Å²) in [5.41, 5.74) is 11.9. The van der Waals surface area contributed by atoms with Crippen LogP contribution in [0.3, 0.4) is 0 Å². The van der Waals surface area contributed by atoms with Gasteiger partial charge in [-0.1, -0.05) is 140 Å². The third-order valence-corrected chi connectivity index (χ3v) is 13.7. The Balaban J connectivity index is 1.21. The summed E-state index contributed by atoms with van der Waals surface area (Å²) in [6, 6.07) is 72.6. The Morgan fingerprint density at radius 1 is 0.345 bits per heavy atom. The first-order valence-electron chi connectivity index (χ1n) is 19.6. The molecule has 12 aromatic rings. The molecule has 2 nitrogen and oxygen atoms in total. The normalized spacial score (nSPS) is 11.8. The first-order valence-corrected chi connectivity index (χ1v) is 21.2. The van der Waals surface area contributed by atoms with Gasteiger partial charge in [-0.3, -0.25) is 0 Å². The molecule has 0 aliphatic carbocycles. The minimum atomic E-state index is 0.866. The molecule has 9 aromatic carbocycles. The van der Waals surface area contributed by atoms with Crippen LogP contribution < -0.4 is 4.90 Å². The van der Waals surface area contributed by atoms with E-state index in [1.807, 2.05) is 22.7 Å². The maximum absolute atomic E-state index is 7.09. The number of hydrogen-bond acceptors (Lipinski definition) is 4. The van der Waals surface area contributed by atoms with E-state index in [-0.39, 0.29) is 0 Å². The summed E-state index contributed by atoms with van der Waals surface area (Å²) in [5.74, 6) is 0. The molecule has 4 heteroatoms. The predicted octanol–water partition coefficient (Wildman–Crippen LogP) is 16.8. The quantitative estimate of drug-likeness (QED) is 0.167. The van der Waals surface area contributed by atoms with Gasteiger partial charge in [-0.05, 0) is 88.5 Å². The van der Waals surface area contributed by atoms with Crippen molar-refractivity contribution in [2.75, 3.05) is 4.90 Å².